The summed E-state index contributed by atoms with van der Waals surface area (Å²) in [5, 5.41) is 4.81. The number of carbonyl (C=O) groups is 1. The molecule has 1 aliphatic heterocycles. The topological polar surface area (TPSA) is 66.5 Å². The molecule has 1 aliphatic rings. The molecule has 0 aliphatic carbocycles. The average Bonchev–Trinajstić information content (AvgIpc) is 2.62. The van der Waals surface area contributed by atoms with Crippen molar-refractivity contribution in [3.8, 4) is 0 Å². The number of ether oxygens (including phenoxy) is 1. The maximum absolute atomic E-state index is 13.5. The monoisotopic (exact) mass is 400 g/mol. The van der Waals surface area contributed by atoms with Crippen LogP contribution in [0.25, 0.3) is 0 Å². The predicted octanol–water partition coefficient (Wildman–Crippen LogP) is 4.23. The van der Waals surface area contributed by atoms with E-state index in [4.69, 9.17) is 16.3 Å². The first-order valence-electron chi connectivity index (χ1n) is 8.06. The van der Waals surface area contributed by atoms with Crippen molar-refractivity contribution in [3.05, 3.63) is 47.2 Å². The summed E-state index contributed by atoms with van der Waals surface area (Å²) in [5.74, 6) is 0. The van der Waals surface area contributed by atoms with E-state index in [-0.39, 0.29) is 10.8 Å². The summed E-state index contributed by atoms with van der Waals surface area (Å²) in [4.78, 5) is 17.6. The molecular weight excluding hydrogens is 385 g/mol. The number of anilines is 3. The largest absolute Gasteiger partial charge is 0.418 e. The van der Waals surface area contributed by atoms with E-state index in [0.717, 1.165) is 6.07 Å². The van der Waals surface area contributed by atoms with E-state index < -0.39 is 17.8 Å². The molecule has 1 aromatic heterocycles. The van der Waals surface area contributed by atoms with Crippen molar-refractivity contribution in [1.82, 2.24) is 4.98 Å². The highest BCUT2D eigenvalue weighted by molar-refractivity contribution is 6.29. The minimum Gasteiger partial charge on any atom is -0.378 e. The Balaban J connectivity index is 1.80. The van der Waals surface area contributed by atoms with Crippen LogP contribution >= 0.6 is 11.6 Å². The van der Waals surface area contributed by atoms with Crippen molar-refractivity contribution in [2.75, 3.05) is 41.8 Å². The smallest absolute Gasteiger partial charge is 0.378 e. The fourth-order valence-corrected chi connectivity index (χ4v) is 2.83. The van der Waals surface area contributed by atoms with Crippen LogP contribution in [-0.4, -0.2) is 37.3 Å². The molecule has 0 atom stereocenters. The SMILES string of the molecule is O=C(Nc1ccnc(Cl)c1)Nc1ccc(N2CCOCC2)cc1C(F)(F)F. The Hall–Kier alpha value is -2.52. The van der Waals surface area contributed by atoms with E-state index in [2.05, 4.69) is 15.6 Å². The Morgan fingerprint density at radius 3 is 2.56 bits per heavy atom. The second kappa shape index (κ2) is 8.01. The number of alkyl halides is 3. The van der Waals surface area contributed by atoms with Gasteiger partial charge in [-0.05, 0) is 30.3 Å². The Bertz CT molecular complexity index is 826. The molecule has 0 spiro atoms. The highest BCUT2D eigenvalue weighted by Gasteiger charge is 2.35. The van der Waals surface area contributed by atoms with E-state index in [0.29, 0.717) is 37.7 Å². The summed E-state index contributed by atoms with van der Waals surface area (Å²) in [5.41, 5.74) is -0.518. The molecule has 1 saturated heterocycles. The molecule has 2 aromatic rings. The van der Waals surface area contributed by atoms with Gasteiger partial charge in [0, 0.05) is 30.7 Å². The zero-order valence-corrected chi connectivity index (χ0v) is 14.8. The van der Waals surface area contributed by atoms with Gasteiger partial charge in [0.25, 0.3) is 0 Å². The number of morpholine rings is 1. The molecule has 6 nitrogen and oxygen atoms in total. The highest BCUT2D eigenvalue weighted by Crippen LogP contribution is 2.37. The van der Waals surface area contributed by atoms with E-state index in [1.165, 1.54) is 24.4 Å². The molecule has 27 heavy (non-hydrogen) atoms. The Morgan fingerprint density at radius 2 is 1.89 bits per heavy atom. The van der Waals surface area contributed by atoms with Gasteiger partial charge in [-0.3, -0.25) is 0 Å². The van der Waals surface area contributed by atoms with Crippen LogP contribution in [0.5, 0.6) is 0 Å². The summed E-state index contributed by atoms with van der Waals surface area (Å²) in [6.45, 7) is 1.93. The fraction of sp³-hybridized carbons (Fsp3) is 0.294. The molecule has 0 unspecified atom stereocenters. The minimum atomic E-state index is -4.62. The first kappa shape index (κ1) is 19.2. The third kappa shape index (κ3) is 5.01. The highest BCUT2D eigenvalue weighted by atomic mass is 35.5. The van der Waals surface area contributed by atoms with Crippen molar-refractivity contribution in [2.24, 2.45) is 0 Å². The summed E-state index contributed by atoms with van der Waals surface area (Å²) >= 11 is 5.72. The second-order valence-electron chi connectivity index (χ2n) is 5.77. The molecule has 2 heterocycles. The summed E-state index contributed by atoms with van der Waals surface area (Å²) in [6, 6.07) is 5.85. The zero-order chi connectivity index (χ0) is 19.4. The second-order valence-corrected chi connectivity index (χ2v) is 6.16. The number of hydrogen-bond acceptors (Lipinski definition) is 4. The van der Waals surface area contributed by atoms with Gasteiger partial charge in [0.1, 0.15) is 5.15 Å². The van der Waals surface area contributed by atoms with Crippen LogP contribution in [0.3, 0.4) is 0 Å². The van der Waals surface area contributed by atoms with Gasteiger partial charge in [0.15, 0.2) is 0 Å². The molecule has 144 valence electrons. The predicted molar refractivity (Wildman–Crippen MR) is 96.4 cm³/mol. The van der Waals surface area contributed by atoms with Gasteiger partial charge in [-0.1, -0.05) is 11.6 Å². The Kier molecular flexibility index (Phi) is 5.71. The number of carbonyl (C=O) groups excluding carboxylic acids is 1. The van der Waals surface area contributed by atoms with Crippen molar-refractivity contribution in [1.29, 1.82) is 0 Å². The van der Waals surface area contributed by atoms with Crippen LogP contribution < -0.4 is 15.5 Å². The fourth-order valence-electron chi connectivity index (χ4n) is 2.66. The van der Waals surface area contributed by atoms with E-state index in [1.807, 2.05) is 4.90 Å². The number of rotatable bonds is 3. The van der Waals surface area contributed by atoms with Gasteiger partial charge in [-0.15, -0.1) is 0 Å². The first-order chi connectivity index (χ1) is 12.8. The van der Waals surface area contributed by atoms with Gasteiger partial charge in [-0.25, -0.2) is 9.78 Å². The summed E-state index contributed by atoms with van der Waals surface area (Å²) in [7, 11) is 0. The van der Waals surface area contributed by atoms with Crippen molar-refractivity contribution in [3.63, 3.8) is 0 Å². The number of benzene rings is 1. The van der Waals surface area contributed by atoms with Crippen molar-refractivity contribution >= 4 is 34.7 Å². The number of hydrogen-bond donors (Lipinski definition) is 2. The maximum atomic E-state index is 13.5. The Morgan fingerprint density at radius 1 is 1.15 bits per heavy atom. The number of amides is 2. The molecular formula is C17H16ClF3N4O2. The number of nitrogens with one attached hydrogen (secondary N) is 2. The zero-order valence-electron chi connectivity index (χ0n) is 14.0. The molecule has 2 N–H and O–H groups in total. The van der Waals surface area contributed by atoms with Gasteiger partial charge in [0.05, 0.1) is 24.5 Å². The minimum absolute atomic E-state index is 0.152. The lowest BCUT2D eigenvalue weighted by molar-refractivity contribution is -0.136. The third-order valence-electron chi connectivity index (χ3n) is 3.92. The maximum Gasteiger partial charge on any atom is 0.418 e. The number of pyridine rings is 1. The van der Waals surface area contributed by atoms with Gasteiger partial charge >= 0.3 is 12.2 Å². The van der Waals surface area contributed by atoms with Gasteiger partial charge in [0.2, 0.25) is 0 Å². The third-order valence-corrected chi connectivity index (χ3v) is 4.12. The van der Waals surface area contributed by atoms with Gasteiger partial charge < -0.3 is 20.3 Å². The summed E-state index contributed by atoms with van der Waals surface area (Å²) in [6.07, 6.45) is -3.25. The molecule has 1 fully saturated rings. The van der Waals surface area contributed by atoms with Crippen LogP contribution in [0, 0.1) is 0 Å². The number of halogens is 4. The molecule has 0 saturated carbocycles. The lowest BCUT2D eigenvalue weighted by atomic mass is 10.1. The lowest BCUT2D eigenvalue weighted by Crippen LogP contribution is -2.36. The van der Waals surface area contributed by atoms with E-state index in [9.17, 15) is 18.0 Å². The standard InChI is InChI=1S/C17H16ClF3N4O2/c18-15-9-11(3-4-22-15)23-16(26)24-14-2-1-12(10-13(14)17(19,20)21)25-5-7-27-8-6-25/h1-4,9-10H,5-8H2,(H2,22,23,24,26). The van der Waals surface area contributed by atoms with Crippen LogP contribution in [0.1, 0.15) is 5.56 Å². The molecule has 1 aromatic carbocycles. The van der Waals surface area contributed by atoms with Crippen LogP contribution in [0.4, 0.5) is 35.0 Å². The van der Waals surface area contributed by atoms with Gasteiger partial charge in [-0.2, -0.15) is 13.2 Å². The lowest BCUT2D eigenvalue weighted by Gasteiger charge is -2.29. The van der Waals surface area contributed by atoms with Crippen molar-refractivity contribution in [2.45, 2.75) is 6.18 Å². The molecule has 0 radical (unpaired) electrons. The normalized spacial score (nSPS) is 14.7. The first-order valence-corrected chi connectivity index (χ1v) is 8.44. The van der Waals surface area contributed by atoms with E-state index in [1.54, 1.807) is 6.07 Å². The van der Waals surface area contributed by atoms with Crippen LogP contribution in [0.15, 0.2) is 36.5 Å². The molecule has 0 bridgehead atoms. The van der Waals surface area contributed by atoms with Crippen molar-refractivity contribution < 1.29 is 22.7 Å². The summed E-state index contributed by atoms with van der Waals surface area (Å²) < 4.78 is 45.7. The number of urea groups is 1. The average molecular weight is 401 g/mol. The van der Waals surface area contributed by atoms with Crippen LogP contribution in [-0.2, 0) is 10.9 Å². The molecule has 10 heteroatoms. The van der Waals surface area contributed by atoms with Crippen LogP contribution in [0.2, 0.25) is 5.15 Å². The number of nitrogens with zero attached hydrogens (tertiary/aromatic N) is 2. The molecule has 2 amide bonds. The van der Waals surface area contributed by atoms with E-state index >= 15 is 0 Å². The molecule has 3 rings (SSSR count). The number of aromatic nitrogens is 1. The Labute approximate surface area is 158 Å². The quantitative estimate of drug-likeness (QED) is 0.756.